The number of thioether (sulfide) groups is 1. The summed E-state index contributed by atoms with van der Waals surface area (Å²) in [6.45, 7) is 8.77. The number of anilines is 1. The predicted octanol–water partition coefficient (Wildman–Crippen LogP) is 4.63. The van der Waals surface area contributed by atoms with Crippen LogP contribution in [-0.2, 0) is 16.8 Å². The van der Waals surface area contributed by atoms with E-state index in [1.165, 1.54) is 11.8 Å². The van der Waals surface area contributed by atoms with E-state index >= 15 is 0 Å². The highest BCUT2D eigenvalue weighted by atomic mass is 35.5. The molecule has 0 aliphatic heterocycles. The zero-order valence-corrected chi connectivity index (χ0v) is 17.8. The van der Waals surface area contributed by atoms with E-state index in [2.05, 4.69) is 20.7 Å². The first-order valence-electron chi connectivity index (χ1n) is 8.87. The van der Waals surface area contributed by atoms with E-state index in [-0.39, 0.29) is 17.1 Å². The summed E-state index contributed by atoms with van der Waals surface area (Å²) in [5, 5.41) is 16.5. The lowest BCUT2D eigenvalue weighted by Crippen LogP contribution is -2.14. The molecule has 28 heavy (non-hydrogen) atoms. The smallest absolute Gasteiger partial charge is 0.237 e. The fourth-order valence-electron chi connectivity index (χ4n) is 2.51. The van der Waals surface area contributed by atoms with Gasteiger partial charge in [-0.15, -0.1) is 10.2 Å². The van der Waals surface area contributed by atoms with Crippen LogP contribution < -0.4 is 5.32 Å². The van der Waals surface area contributed by atoms with Crippen molar-refractivity contribution >= 4 is 35.2 Å². The molecular formula is C19H22ClN5O2S. The third kappa shape index (κ3) is 4.74. The first kappa shape index (κ1) is 20.4. The Balaban J connectivity index is 1.66. The van der Waals surface area contributed by atoms with Crippen molar-refractivity contribution < 1.29 is 9.32 Å². The Morgan fingerprint density at radius 3 is 2.71 bits per heavy atom. The second kappa shape index (κ2) is 8.36. The third-order valence-electron chi connectivity index (χ3n) is 3.99. The van der Waals surface area contributed by atoms with Gasteiger partial charge in [-0.3, -0.25) is 10.1 Å². The second-order valence-corrected chi connectivity index (χ2v) is 8.60. The lowest BCUT2D eigenvalue weighted by Gasteiger charge is -2.12. The summed E-state index contributed by atoms with van der Waals surface area (Å²) in [4.78, 5) is 12.3. The van der Waals surface area contributed by atoms with Crippen molar-refractivity contribution in [3.8, 4) is 11.4 Å². The molecule has 0 fully saturated rings. The number of nitrogens with one attached hydrogen (secondary N) is 1. The fraction of sp³-hybridized carbons (Fsp3) is 0.368. The number of carbonyl (C=O) groups is 1. The monoisotopic (exact) mass is 419 g/mol. The van der Waals surface area contributed by atoms with Gasteiger partial charge in [-0.1, -0.05) is 61.4 Å². The van der Waals surface area contributed by atoms with Gasteiger partial charge in [-0.2, -0.15) is 0 Å². The molecule has 9 heteroatoms. The number of halogens is 1. The Morgan fingerprint density at radius 2 is 2.07 bits per heavy atom. The zero-order valence-electron chi connectivity index (χ0n) is 16.2. The predicted molar refractivity (Wildman–Crippen MR) is 111 cm³/mol. The summed E-state index contributed by atoms with van der Waals surface area (Å²) in [5.74, 6) is 1.04. The van der Waals surface area contributed by atoms with E-state index in [1.54, 1.807) is 6.07 Å². The highest BCUT2D eigenvalue weighted by Gasteiger charge is 2.20. The molecule has 0 bridgehead atoms. The number of amides is 1. The molecule has 3 rings (SSSR count). The van der Waals surface area contributed by atoms with E-state index in [0.29, 0.717) is 22.6 Å². The first-order valence-corrected chi connectivity index (χ1v) is 10.2. The summed E-state index contributed by atoms with van der Waals surface area (Å²) in [6, 6.07) is 9.20. The Kier molecular flexibility index (Phi) is 6.10. The Labute approximate surface area is 172 Å². The van der Waals surface area contributed by atoms with Crippen LogP contribution in [0.15, 0.2) is 40.0 Å². The largest absolute Gasteiger partial charge is 0.338 e. The zero-order chi connectivity index (χ0) is 20.3. The quantitative estimate of drug-likeness (QED) is 0.586. The summed E-state index contributed by atoms with van der Waals surface area (Å²) in [5.41, 5.74) is 1.53. The molecule has 2 heterocycles. The highest BCUT2D eigenvalue weighted by molar-refractivity contribution is 7.99. The number of hydrogen-bond acceptors (Lipinski definition) is 6. The van der Waals surface area contributed by atoms with Gasteiger partial charge in [0.25, 0.3) is 0 Å². The van der Waals surface area contributed by atoms with E-state index < -0.39 is 0 Å². The van der Waals surface area contributed by atoms with Crippen LogP contribution in [0.1, 0.15) is 33.4 Å². The molecule has 1 N–H and O–H groups in total. The van der Waals surface area contributed by atoms with Crippen molar-refractivity contribution in [2.24, 2.45) is 0 Å². The number of aromatic nitrogens is 4. The Hall–Kier alpha value is -2.32. The number of carbonyl (C=O) groups excluding carboxylic acids is 1. The van der Waals surface area contributed by atoms with Crippen molar-refractivity contribution in [1.82, 2.24) is 19.9 Å². The number of benzene rings is 1. The topological polar surface area (TPSA) is 85.8 Å². The van der Waals surface area contributed by atoms with Crippen LogP contribution in [0, 0.1) is 0 Å². The Bertz CT molecular complexity index is 977. The molecule has 0 unspecified atom stereocenters. The minimum Gasteiger partial charge on any atom is -0.338 e. The van der Waals surface area contributed by atoms with Gasteiger partial charge in [-0.05, 0) is 19.1 Å². The molecular weight excluding hydrogens is 398 g/mol. The number of rotatable bonds is 6. The molecule has 2 aromatic heterocycles. The molecule has 0 saturated heterocycles. The molecule has 0 saturated carbocycles. The molecule has 7 nitrogen and oxygen atoms in total. The summed E-state index contributed by atoms with van der Waals surface area (Å²) >= 11 is 7.39. The van der Waals surface area contributed by atoms with E-state index in [1.807, 2.05) is 56.5 Å². The van der Waals surface area contributed by atoms with Crippen LogP contribution in [0.3, 0.4) is 0 Å². The van der Waals surface area contributed by atoms with Crippen molar-refractivity contribution in [2.45, 2.75) is 44.8 Å². The Morgan fingerprint density at radius 1 is 1.29 bits per heavy atom. The standard InChI is InChI=1S/C19H22ClN5O2S/c1-5-25-17(12-7-6-8-13(20)9-12)22-23-18(25)28-11-15(26)21-16-10-14(24-27-16)19(2,3)4/h6-10H,5,11H2,1-4H3,(H,21,26). The van der Waals surface area contributed by atoms with Crippen molar-refractivity contribution in [2.75, 3.05) is 11.1 Å². The van der Waals surface area contributed by atoms with E-state index in [0.717, 1.165) is 17.1 Å². The van der Waals surface area contributed by atoms with Gasteiger partial charge in [0, 0.05) is 28.6 Å². The summed E-state index contributed by atoms with van der Waals surface area (Å²) in [6.07, 6.45) is 0. The number of hydrogen-bond donors (Lipinski definition) is 1. The SMILES string of the molecule is CCn1c(SCC(=O)Nc2cc(C(C)(C)C)no2)nnc1-c1cccc(Cl)c1. The molecule has 3 aromatic rings. The van der Waals surface area contributed by atoms with Gasteiger partial charge in [-0.25, -0.2) is 0 Å². The molecule has 1 amide bonds. The third-order valence-corrected chi connectivity index (χ3v) is 5.19. The molecule has 1 aromatic carbocycles. The fourth-order valence-corrected chi connectivity index (χ4v) is 3.51. The van der Waals surface area contributed by atoms with Crippen LogP contribution >= 0.6 is 23.4 Å². The van der Waals surface area contributed by atoms with E-state index in [9.17, 15) is 4.79 Å². The van der Waals surface area contributed by atoms with Gasteiger partial charge < -0.3 is 9.09 Å². The number of nitrogens with zero attached hydrogens (tertiary/aromatic N) is 4. The second-order valence-electron chi connectivity index (χ2n) is 7.22. The molecule has 148 valence electrons. The average molecular weight is 420 g/mol. The first-order chi connectivity index (χ1) is 13.3. The van der Waals surface area contributed by atoms with Crippen LogP contribution in [0.4, 0.5) is 5.88 Å². The molecule has 0 aliphatic rings. The van der Waals surface area contributed by atoms with Gasteiger partial charge in [0.15, 0.2) is 11.0 Å². The van der Waals surface area contributed by atoms with Gasteiger partial charge in [0.1, 0.15) is 0 Å². The summed E-state index contributed by atoms with van der Waals surface area (Å²) < 4.78 is 7.15. The average Bonchev–Trinajstić information content (AvgIpc) is 3.26. The minimum atomic E-state index is -0.198. The minimum absolute atomic E-state index is 0.143. The van der Waals surface area contributed by atoms with Crippen LogP contribution in [0.2, 0.25) is 5.02 Å². The molecule has 0 spiro atoms. The van der Waals surface area contributed by atoms with Crippen molar-refractivity contribution in [3.63, 3.8) is 0 Å². The van der Waals surface area contributed by atoms with Gasteiger partial charge in [0.05, 0.1) is 11.4 Å². The van der Waals surface area contributed by atoms with Crippen LogP contribution in [0.5, 0.6) is 0 Å². The lowest BCUT2D eigenvalue weighted by molar-refractivity contribution is -0.113. The highest BCUT2D eigenvalue weighted by Crippen LogP contribution is 2.26. The van der Waals surface area contributed by atoms with Crippen LogP contribution in [-0.4, -0.2) is 31.6 Å². The van der Waals surface area contributed by atoms with Crippen molar-refractivity contribution in [1.29, 1.82) is 0 Å². The van der Waals surface area contributed by atoms with Crippen molar-refractivity contribution in [3.05, 3.63) is 41.0 Å². The molecule has 0 atom stereocenters. The maximum absolute atomic E-state index is 12.3. The lowest BCUT2D eigenvalue weighted by atomic mass is 9.92. The van der Waals surface area contributed by atoms with Gasteiger partial charge in [0.2, 0.25) is 11.8 Å². The van der Waals surface area contributed by atoms with E-state index in [4.69, 9.17) is 16.1 Å². The maximum atomic E-state index is 12.3. The molecule has 0 aliphatic carbocycles. The molecule has 0 radical (unpaired) electrons. The van der Waals surface area contributed by atoms with Crippen LogP contribution in [0.25, 0.3) is 11.4 Å². The summed E-state index contributed by atoms with van der Waals surface area (Å²) in [7, 11) is 0. The normalized spacial score (nSPS) is 11.6. The van der Waals surface area contributed by atoms with Gasteiger partial charge >= 0.3 is 0 Å². The maximum Gasteiger partial charge on any atom is 0.237 e.